The summed E-state index contributed by atoms with van der Waals surface area (Å²) in [6.07, 6.45) is 0. The molecule has 6 heteroatoms. The average Bonchev–Trinajstić information content (AvgIpc) is 2.65. The van der Waals surface area contributed by atoms with Crippen molar-refractivity contribution in [3.63, 3.8) is 0 Å². The zero-order chi connectivity index (χ0) is 21.4. The van der Waals surface area contributed by atoms with Crippen LogP contribution in [0.5, 0.6) is 5.75 Å². The molecule has 0 saturated heterocycles. The van der Waals surface area contributed by atoms with Gasteiger partial charge in [-0.15, -0.1) is 0 Å². The summed E-state index contributed by atoms with van der Waals surface area (Å²) in [5, 5.41) is 2.83. The van der Waals surface area contributed by atoms with Crippen molar-refractivity contribution >= 4 is 17.5 Å². The Bertz CT molecular complexity index is 816. The monoisotopic (exact) mass is 397 g/mol. The van der Waals surface area contributed by atoms with Gasteiger partial charge in [-0.2, -0.15) is 0 Å². The molecule has 0 radical (unpaired) electrons. The number of benzene rings is 2. The van der Waals surface area contributed by atoms with Crippen molar-refractivity contribution in [2.45, 2.75) is 32.9 Å². The molecule has 0 atom stereocenters. The number of hydrogen-bond donors (Lipinski definition) is 1. The summed E-state index contributed by atoms with van der Waals surface area (Å²) in [5.41, 5.74) is 1.42. The number of hydrogen-bond acceptors (Lipinski definition) is 4. The first kappa shape index (κ1) is 22.4. The maximum atomic E-state index is 13.0. The highest BCUT2D eigenvalue weighted by Crippen LogP contribution is 2.18. The lowest BCUT2D eigenvalue weighted by atomic mass is 10.0. The molecule has 29 heavy (non-hydrogen) atoms. The number of rotatable bonds is 8. The molecule has 0 saturated carbocycles. The zero-order valence-electron chi connectivity index (χ0n) is 17.9. The fraction of sp³-hybridized carbons (Fsp3) is 0.391. The lowest BCUT2D eigenvalue weighted by Crippen LogP contribution is -2.49. The lowest BCUT2D eigenvalue weighted by molar-refractivity contribution is -0.137. The maximum absolute atomic E-state index is 13.0. The van der Waals surface area contributed by atoms with Crippen molar-refractivity contribution in [2.24, 2.45) is 0 Å². The minimum absolute atomic E-state index is 0.0157. The highest BCUT2D eigenvalue weighted by Gasteiger charge is 2.27. The minimum atomic E-state index is -0.323. The molecule has 0 spiro atoms. The molecule has 0 unspecified atom stereocenters. The van der Waals surface area contributed by atoms with E-state index in [-0.39, 0.29) is 30.4 Å². The summed E-state index contributed by atoms with van der Waals surface area (Å²) in [4.78, 5) is 28.9. The van der Waals surface area contributed by atoms with Gasteiger partial charge in [0, 0.05) is 23.8 Å². The predicted molar refractivity (Wildman–Crippen MR) is 116 cm³/mol. The number of nitrogens with zero attached hydrogens (tertiary/aromatic N) is 2. The zero-order valence-corrected chi connectivity index (χ0v) is 17.9. The van der Waals surface area contributed by atoms with Crippen LogP contribution in [-0.2, 0) is 16.1 Å². The molecule has 0 aliphatic rings. The minimum Gasteiger partial charge on any atom is -0.497 e. The van der Waals surface area contributed by atoms with Crippen LogP contribution in [0, 0.1) is 0 Å². The second-order valence-electron chi connectivity index (χ2n) is 8.09. The summed E-state index contributed by atoms with van der Waals surface area (Å²) in [6, 6.07) is 17.1. The molecule has 2 aromatic carbocycles. The largest absolute Gasteiger partial charge is 0.497 e. The molecule has 0 aromatic heterocycles. The molecule has 0 aliphatic heterocycles. The fourth-order valence-electron chi connectivity index (χ4n) is 2.98. The van der Waals surface area contributed by atoms with Crippen LogP contribution in [0.2, 0.25) is 0 Å². The number of likely N-dealkylation sites (N-methyl/N-ethyl adjacent to an activating group) is 1. The van der Waals surface area contributed by atoms with Gasteiger partial charge in [-0.25, -0.2) is 0 Å². The second-order valence-corrected chi connectivity index (χ2v) is 8.09. The van der Waals surface area contributed by atoms with E-state index in [1.165, 1.54) is 0 Å². The Labute approximate surface area is 173 Å². The van der Waals surface area contributed by atoms with Gasteiger partial charge >= 0.3 is 0 Å². The fourth-order valence-corrected chi connectivity index (χ4v) is 2.98. The Balaban J connectivity index is 1.95. The Kier molecular flexibility index (Phi) is 7.79. The highest BCUT2D eigenvalue weighted by molar-refractivity contribution is 5.92. The van der Waals surface area contributed by atoms with Crippen LogP contribution in [0.15, 0.2) is 54.6 Å². The van der Waals surface area contributed by atoms with Gasteiger partial charge < -0.3 is 15.0 Å². The van der Waals surface area contributed by atoms with Crippen LogP contribution >= 0.6 is 0 Å². The van der Waals surface area contributed by atoms with E-state index in [4.69, 9.17) is 4.74 Å². The number of methoxy groups -OCH3 is 1. The number of nitrogens with one attached hydrogen (secondary N) is 1. The average molecular weight is 398 g/mol. The topological polar surface area (TPSA) is 61.9 Å². The second kappa shape index (κ2) is 10.1. The van der Waals surface area contributed by atoms with E-state index < -0.39 is 0 Å². The van der Waals surface area contributed by atoms with Gasteiger partial charge in [0.05, 0.1) is 20.2 Å². The number of carbonyl (C=O) groups is 2. The quantitative estimate of drug-likeness (QED) is 0.742. The predicted octanol–water partition coefficient (Wildman–Crippen LogP) is 3.39. The van der Waals surface area contributed by atoms with Crippen LogP contribution in [0.4, 0.5) is 5.69 Å². The normalized spacial score (nSPS) is 11.2. The molecule has 156 valence electrons. The van der Waals surface area contributed by atoms with Gasteiger partial charge in [-0.3, -0.25) is 14.5 Å². The van der Waals surface area contributed by atoms with Crippen molar-refractivity contribution < 1.29 is 14.3 Å². The van der Waals surface area contributed by atoms with E-state index in [2.05, 4.69) is 5.32 Å². The van der Waals surface area contributed by atoms with Crippen molar-refractivity contribution in [1.82, 2.24) is 9.80 Å². The van der Waals surface area contributed by atoms with E-state index >= 15 is 0 Å². The maximum Gasteiger partial charge on any atom is 0.238 e. The molecule has 2 amide bonds. The van der Waals surface area contributed by atoms with E-state index in [0.29, 0.717) is 18.0 Å². The number of amides is 2. The van der Waals surface area contributed by atoms with Crippen LogP contribution < -0.4 is 10.1 Å². The Morgan fingerprint density at radius 3 is 2.31 bits per heavy atom. The Morgan fingerprint density at radius 1 is 1.00 bits per heavy atom. The molecule has 2 aromatic rings. The third kappa shape index (κ3) is 7.23. The van der Waals surface area contributed by atoms with Crippen LogP contribution in [-0.4, -0.2) is 54.4 Å². The van der Waals surface area contributed by atoms with E-state index in [1.807, 2.05) is 68.1 Å². The summed E-state index contributed by atoms with van der Waals surface area (Å²) in [7, 11) is 3.35. The molecule has 0 fully saturated rings. The van der Waals surface area contributed by atoms with Crippen molar-refractivity contribution in [3.8, 4) is 5.75 Å². The molecule has 1 N–H and O–H groups in total. The van der Waals surface area contributed by atoms with Crippen LogP contribution in [0.1, 0.15) is 26.3 Å². The van der Waals surface area contributed by atoms with Gasteiger partial charge in [-0.1, -0.05) is 36.4 Å². The first-order valence-corrected chi connectivity index (χ1v) is 9.66. The number of carbonyl (C=O) groups excluding carboxylic acids is 2. The molecule has 0 bridgehead atoms. The van der Waals surface area contributed by atoms with E-state index in [9.17, 15) is 9.59 Å². The van der Waals surface area contributed by atoms with Gasteiger partial charge in [-0.05, 0) is 45.5 Å². The van der Waals surface area contributed by atoms with Crippen molar-refractivity contribution in [3.05, 3.63) is 60.2 Å². The van der Waals surface area contributed by atoms with E-state index in [1.54, 1.807) is 31.2 Å². The summed E-state index contributed by atoms with van der Waals surface area (Å²) >= 11 is 0. The number of anilines is 1. The third-order valence-corrected chi connectivity index (χ3v) is 4.47. The summed E-state index contributed by atoms with van der Waals surface area (Å²) in [6.45, 7) is 6.87. The first-order chi connectivity index (χ1) is 13.7. The molecule has 0 aliphatic carbocycles. The third-order valence-electron chi connectivity index (χ3n) is 4.47. The van der Waals surface area contributed by atoms with Crippen molar-refractivity contribution in [1.29, 1.82) is 0 Å². The van der Waals surface area contributed by atoms with Crippen LogP contribution in [0.25, 0.3) is 0 Å². The summed E-state index contributed by atoms with van der Waals surface area (Å²) in [5.74, 6) is 0.477. The van der Waals surface area contributed by atoms with Gasteiger partial charge in [0.2, 0.25) is 11.8 Å². The highest BCUT2D eigenvalue weighted by atomic mass is 16.5. The van der Waals surface area contributed by atoms with Gasteiger partial charge in [0.15, 0.2) is 0 Å². The molecule has 2 rings (SSSR count). The summed E-state index contributed by atoms with van der Waals surface area (Å²) < 4.78 is 5.17. The molecule has 6 nitrogen and oxygen atoms in total. The molecular formula is C23H31N3O3. The van der Waals surface area contributed by atoms with Gasteiger partial charge in [0.25, 0.3) is 0 Å². The van der Waals surface area contributed by atoms with E-state index in [0.717, 1.165) is 5.56 Å². The number of ether oxygens (including phenoxy) is 1. The molecular weight excluding hydrogens is 366 g/mol. The smallest absolute Gasteiger partial charge is 0.238 e. The SMILES string of the molecule is COc1cccc(NC(=O)CN(C)CC(=O)N(Cc2ccccc2)C(C)(C)C)c1. The lowest BCUT2D eigenvalue weighted by Gasteiger charge is -2.37. The standard InChI is InChI=1S/C23H31N3O3/c1-23(2,3)26(15-18-10-7-6-8-11-18)22(28)17-25(4)16-21(27)24-19-12-9-13-20(14-19)29-5/h6-14H,15-17H2,1-5H3,(H,24,27). The molecule has 0 heterocycles. The first-order valence-electron chi connectivity index (χ1n) is 9.66. The Hall–Kier alpha value is -2.86. The Morgan fingerprint density at radius 2 is 1.69 bits per heavy atom. The van der Waals surface area contributed by atoms with Crippen molar-refractivity contribution in [2.75, 3.05) is 32.6 Å². The van der Waals surface area contributed by atoms with Crippen LogP contribution in [0.3, 0.4) is 0 Å². The van der Waals surface area contributed by atoms with Gasteiger partial charge in [0.1, 0.15) is 5.75 Å².